The Morgan fingerprint density at radius 2 is 0.511 bits per heavy atom. The van der Waals surface area contributed by atoms with E-state index >= 15 is 0 Å². The van der Waals surface area contributed by atoms with Crippen LogP contribution in [0.2, 0.25) is 0 Å². The minimum atomic E-state index is -4.95. The first-order chi connectivity index (χ1) is 43.5. The molecule has 0 aromatic heterocycles. The van der Waals surface area contributed by atoms with Crippen molar-refractivity contribution in [1.82, 2.24) is 0 Å². The number of phosphoric acid groups is 2. The van der Waals surface area contributed by atoms with Crippen LogP contribution in [0.3, 0.4) is 0 Å². The number of carbonyl (C=O) groups excluding carboxylic acids is 4. The monoisotopic (exact) mass is 1320 g/mol. The van der Waals surface area contributed by atoms with Crippen LogP contribution in [0.4, 0.5) is 0 Å². The summed E-state index contributed by atoms with van der Waals surface area (Å²) in [7, 11) is -9.90. The second-order valence-corrected chi connectivity index (χ2v) is 29.0. The lowest BCUT2D eigenvalue weighted by atomic mass is 10.0. The zero-order chi connectivity index (χ0) is 66.3. The van der Waals surface area contributed by atoms with E-state index in [-0.39, 0.29) is 25.7 Å². The lowest BCUT2D eigenvalue weighted by Crippen LogP contribution is -2.30. The summed E-state index contributed by atoms with van der Waals surface area (Å²) in [5.41, 5.74) is 0. The van der Waals surface area contributed by atoms with E-state index in [9.17, 15) is 43.2 Å². The molecular weight excluding hydrogens is 1190 g/mol. The van der Waals surface area contributed by atoms with Gasteiger partial charge >= 0.3 is 39.5 Å². The highest BCUT2D eigenvalue weighted by atomic mass is 31.2. The predicted molar refractivity (Wildman–Crippen MR) is 363 cm³/mol. The molecule has 0 amide bonds. The van der Waals surface area contributed by atoms with Gasteiger partial charge < -0.3 is 33.8 Å². The first-order valence-corrected chi connectivity index (χ1v) is 40.1. The van der Waals surface area contributed by atoms with Crippen LogP contribution in [0.15, 0.2) is 0 Å². The second kappa shape index (κ2) is 64.4. The number of esters is 4. The van der Waals surface area contributed by atoms with Gasteiger partial charge in [0.15, 0.2) is 12.2 Å². The molecule has 17 nitrogen and oxygen atoms in total. The van der Waals surface area contributed by atoms with Crippen molar-refractivity contribution >= 4 is 39.5 Å². The number of carbonyl (C=O) groups is 4. The highest BCUT2D eigenvalue weighted by Crippen LogP contribution is 2.45. The van der Waals surface area contributed by atoms with Crippen molar-refractivity contribution in [3.05, 3.63) is 0 Å². The number of hydrogen-bond donors (Lipinski definition) is 3. The van der Waals surface area contributed by atoms with Gasteiger partial charge in [0.2, 0.25) is 0 Å². The normalized spacial score (nSPS) is 14.1. The number of unbranched alkanes of at least 4 members (excludes halogenated alkanes) is 43. The molecule has 0 saturated carbocycles. The molecule has 534 valence electrons. The Labute approximate surface area is 549 Å². The van der Waals surface area contributed by atoms with Crippen LogP contribution in [-0.2, 0) is 65.4 Å². The van der Waals surface area contributed by atoms with Gasteiger partial charge in [-0.1, -0.05) is 317 Å². The van der Waals surface area contributed by atoms with Gasteiger partial charge in [0.1, 0.15) is 19.3 Å². The van der Waals surface area contributed by atoms with Gasteiger partial charge in [-0.25, -0.2) is 9.13 Å². The second-order valence-electron chi connectivity index (χ2n) is 26.1. The summed E-state index contributed by atoms with van der Waals surface area (Å²) in [4.78, 5) is 72.5. The molecule has 0 bridgehead atoms. The lowest BCUT2D eigenvalue weighted by molar-refractivity contribution is -0.161. The topological polar surface area (TPSA) is 237 Å². The number of hydrogen-bond acceptors (Lipinski definition) is 15. The van der Waals surface area contributed by atoms with Crippen LogP contribution in [0.25, 0.3) is 0 Å². The maximum absolute atomic E-state index is 13.0. The number of phosphoric ester groups is 2. The quantitative estimate of drug-likeness (QED) is 0.0222. The van der Waals surface area contributed by atoms with Crippen molar-refractivity contribution in [2.24, 2.45) is 5.92 Å². The van der Waals surface area contributed by atoms with E-state index in [2.05, 4.69) is 34.6 Å². The van der Waals surface area contributed by atoms with Crippen LogP contribution in [0.5, 0.6) is 0 Å². The minimum Gasteiger partial charge on any atom is -0.462 e. The molecule has 0 saturated heterocycles. The van der Waals surface area contributed by atoms with Gasteiger partial charge in [-0.15, -0.1) is 0 Å². The van der Waals surface area contributed by atoms with E-state index in [1.165, 1.54) is 193 Å². The fourth-order valence-electron chi connectivity index (χ4n) is 10.8. The van der Waals surface area contributed by atoms with E-state index in [1.807, 2.05) is 0 Å². The Hall–Kier alpha value is -1.94. The minimum absolute atomic E-state index is 0.104. The predicted octanol–water partition coefficient (Wildman–Crippen LogP) is 20.5. The van der Waals surface area contributed by atoms with E-state index in [0.29, 0.717) is 31.6 Å². The fourth-order valence-corrected chi connectivity index (χ4v) is 12.4. The summed E-state index contributed by atoms with van der Waals surface area (Å²) in [6, 6.07) is 0. The third-order valence-electron chi connectivity index (χ3n) is 16.5. The average Bonchev–Trinajstić information content (AvgIpc) is 3.67. The Balaban J connectivity index is 5.22. The van der Waals surface area contributed by atoms with Crippen molar-refractivity contribution in [3.63, 3.8) is 0 Å². The SMILES string of the molecule is CCCCCCCCCCCCCCCCCCCC(=O)O[C@H](COC(=O)CCCCCCCCCCCCCCC)COP(=O)(O)OC[C@@H](O)COP(=O)(O)OC[C@@H](COC(=O)CCCCCCCCCCCC)OC(=O)CCCCCCCCCC(C)C. The summed E-state index contributed by atoms with van der Waals surface area (Å²) in [6.45, 7) is 7.19. The highest BCUT2D eigenvalue weighted by Gasteiger charge is 2.30. The maximum atomic E-state index is 13.0. The summed E-state index contributed by atoms with van der Waals surface area (Å²) in [5.74, 6) is -1.43. The van der Waals surface area contributed by atoms with E-state index in [0.717, 1.165) is 89.9 Å². The molecule has 0 aliphatic rings. The molecule has 5 atom stereocenters. The molecule has 0 fully saturated rings. The average molecular weight is 1330 g/mol. The Morgan fingerprint density at radius 1 is 0.300 bits per heavy atom. The molecule has 0 radical (unpaired) electrons. The maximum Gasteiger partial charge on any atom is 0.472 e. The molecule has 19 heteroatoms. The van der Waals surface area contributed by atoms with E-state index in [1.54, 1.807) is 0 Å². The van der Waals surface area contributed by atoms with Gasteiger partial charge in [0.25, 0.3) is 0 Å². The number of aliphatic hydroxyl groups is 1. The highest BCUT2D eigenvalue weighted by molar-refractivity contribution is 7.47. The Bertz CT molecular complexity index is 1740. The van der Waals surface area contributed by atoms with Gasteiger partial charge in [-0.2, -0.15) is 0 Å². The Morgan fingerprint density at radius 3 is 0.756 bits per heavy atom. The van der Waals surface area contributed by atoms with E-state index < -0.39 is 97.5 Å². The van der Waals surface area contributed by atoms with Crippen molar-refractivity contribution in [3.8, 4) is 0 Å². The van der Waals surface area contributed by atoms with Gasteiger partial charge in [0.05, 0.1) is 26.4 Å². The smallest absolute Gasteiger partial charge is 0.462 e. The zero-order valence-electron chi connectivity index (χ0n) is 58.3. The number of rotatable bonds is 71. The molecule has 0 spiro atoms. The van der Waals surface area contributed by atoms with Crippen LogP contribution in [-0.4, -0.2) is 96.7 Å². The van der Waals surface area contributed by atoms with Gasteiger partial charge in [0, 0.05) is 25.7 Å². The third kappa shape index (κ3) is 64.8. The summed E-state index contributed by atoms with van der Waals surface area (Å²) in [5, 5.41) is 10.6. The molecule has 0 aliphatic heterocycles. The van der Waals surface area contributed by atoms with Crippen molar-refractivity contribution < 1.29 is 80.2 Å². The Kier molecular flexibility index (Phi) is 63.0. The van der Waals surface area contributed by atoms with Gasteiger partial charge in [-0.05, 0) is 31.6 Å². The van der Waals surface area contributed by atoms with E-state index in [4.69, 9.17) is 37.0 Å². The first-order valence-electron chi connectivity index (χ1n) is 37.1. The van der Waals surface area contributed by atoms with Crippen LogP contribution in [0, 0.1) is 5.92 Å². The molecule has 0 heterocycles. The molecule has 2 unspecified atom stereocenters. The molecule has 90 heavy (non-hydrogen) atoms. The van der Waals surface area contributed by atoms with Crippen molar-refractivity contribution in [1.29, 1.82) is 0 Å². The largest absolute Gasteiger partial charge is 0.472 e. The molecular formula is C71H138O17P2. The standard InChI is InChI=1S/C71H138O17P2/c1-6-9-12-15-18-21-24-26-27-28-29-31-33-36-41-46-51-56-70(75)87-66(60-82-69(74)55-50-45-40-35-32-30-25-22-19-16-13-10-7-2)62-85-89(77,78)83-58-65(72)59-84-90(79,80)86-63-67(88-71(76)57-52-47-42-37-38-43-48-53-64(4)5)61-81-68(73)54-49-44-39-34-23-20-17-14-11-8-3/h64-67,72H,6-63H2,1-5H3,(H,77,78)(H,79,80)/t65-,66-,67-/m1/s1. The molecule has 0 aromatic rings. The fraction of sp³-hybridized carbons (Fsp3) is 0.944. The summed E-state index contributed by atoms with van der Waals surface area (Å²) >= 11 is 0. The number of ether oxygens (including phenoxy) is 4. The van der Waals surface area contributed by atoms with Crippen molar-refractivity contribution in [2.75, 3.05) is 39.6 Å². The molecule has 0 aliphatic carbocycles. The molecule has 0 aromatic carbocycles. The van der Waals surface area contributed by atoms with Crippen LogP contribution in [0.1, 0.15) is 369 Å². The first kappa shape index (κ1) is 88.1. The summed E-state index contributed by atoms with van der Waals surface area (Å²) < 4.78 is 68.3. The number of aliphatic hydroxyl groups excluding tert-OH is 1. The van der Waals surface area contributed by atoms with Crippen LogP contribution >= 0.6 is 15.6 Å². The zero-order valence-corrected chi connectivity index (χ0v) is 60.1. The summed E-state index contributed by atoms with van der Waals surface area (Å²) in [6.07, 6.45) is 51.4. The third-order valence-corrected chi connectivity index (χ3v) is 18.4. The van der Waals surface area contributed by atoms with Crippen LogP contribution < -0.4 is 0 Å². The lowest BCUT2D eigenvalue weighted by Gasteiger charge is -2.21. The molecule has 0 rings (SSSR count). The molecule has 3 N–H and O–H groups in total. The van der Waals surface area contributed by atoms with Gasteiger partial charge in [-0.3, -0.25) is 37.3 Å². The van der Waals surface area contributed by atoms with Crippen molar-refractivity contribution in [2.45, 2.75) is 387 Å².